The molecule has 0 aliphatic carbocycles. The maximum atomic E-state index is 11.8. The second-order valence-electron chi connectivity index (χ2n) is 5.27. The molecule has 0 spiro atoms. The molecule has 108 valence electrons. The average Bonchev–Trinajstić information content (AvgIpc) is 2.35. The fourth-order valence-electron chi connectivity index (χ4n) is 1.64. The van der Waals surface area contributed by atoms with Crippen molar-refractivity contribution < 1.29 is 14.7 Å². The highest BCUT2D eigenvalue weighted by atomic mass is 16.4. The van der Waals surface area contributed by atoms with E-state index in [4.69, 9.17) is 10.8 Å². The van der Waals surface area contributed by atoms with Crippen molar-refractivity contribution in [2.75, 3.05) is 5.73 Å². The number of amides is 1. The van der Waals surface area contributed by atoms with Gasteiger partial charge in [0.15, 0.2) is 0 Å². The molecule has 5 nitrogen and oxygen atoms in total. The molecule has 0 aliphatic rings. The van der Waals surface area contributed by atoms with E-state index in [0.717, 1.165) is 5.56 Å². The van der Waals surface area contributed by atoms with Crippen molar-refractivity contribution in [2.45, 2.75) is 32.2 Å². The van der Waals surface area contributed by atoms with Crippen LogP contribution in [0.4, 0.5) is 5.69 Å². The molecule has 1 rings (SSSR count). The number of benzene rings is 1. The van der Waals surface area contributed by atoms with Gasteiger partial charge in [-0.25, -0.2) is 0 Å². The molecule has 0 saturated heterocycles. The number of carboxylic acids is 1. The van der Waals surface area contributed by atoms with E-state index in [2.05, 4.69) is 5.32 Å². The monoisotopic (exact) mass is 276 g/mol. The van der Waals surface area contributed by atoms with Crippen LogP contribution >= 0.6 is 0 Å². The zero-order valence-electron chi connectivity index (χ0n) is 11.7. The zero-order chi connectivity index (χ0) is 15.2. The minimum absolute atomic E-state index is 0.0228. The number of nitrogens with two attached hydrogens (primary N) is 1. The predicted octanol–water partition coefficient (Wildman–Crippen LogP) is 2.04. The van der Waals surface area contributed by atoms with Gasteiger partial charge in [-0.1, -0.05) is 12.1 Å². The first kappa shape index (κ1) is 15.8. The molecule has 1 aromatic carbocycles. The van der Waals surface area contributed by atoms with Gasteiger partial charge in [0.1, 0.15) is 0 Å². The van der Waals surface area contributed by atoms with E-state index < -0.39 is 11.5 Å². The highest BCUT2D eigenvalue weighted by Gasteiger charge is 2.20. The van der Waals surface area contributed by atoms with Crippen LogP contribution in [0.2, 0.25) is 0 Å². The zero-order valence-corrected chi connectivity index (χ0v) is 11.7. The minimum atomic E-state index is -0.871. The van der Waals surface area contributed by atoms with Crippen LogP contribution in [-0.2, 0) is 9.59 Å². The Balaban J connectivity index is 2.54. The average molecular weight is 276 g/mol. The lowest BCUT2D eigenvalue weighted by Gasteiger charge is -2.24. The van der Waals surface area contributed by atoms with E-state index in [-0.39, 0.29) is 12.3 Å². The largest absolute Gasteiger partial charge is 0.481 e. The maximum Gasteiger partial charge on any atom is 0.303 e. The molecule has 5 heteroatoms. The molecule has 0 atom stereocenters. The number of nitrogen functional groups attached to an aromatic ring is 1. The fourth-order valence-corrected chi connectivity index (χ4v) is 1.64. The third kappa shape index (κ3) is 6.04. The predicted molar refractivity (Wildman–Crippen MR) is 79.0 cm³/mol. The maximum absolute atomic E-state index is 11.8. The van der Waals surface area contributed by atoms with E-state index in [9.17, 15) is 9.59 Å². The van der Waals surface area contributed by atoms with E-state index in [1.54, 1.807) is 32.1 Å². The summed E-state index contributed by atoms with van der Waals surface area (Å²) < 4.78 is 0. The Morgan fingerprint density at radius 3 is 2.45 bits per heavy atom. The Morgan fingerprint density at radius 2 is 1.90 bits per heavy atom. The molecule has 20 heavy (non-hydrogen) atoms. The van der Waals surface area contributed by atoms with Gasteiger partial charge in [-0.05, 0) is 44.0 Å². The van der Waals surface area contributed by atoms with E-state index in [1.807, 2.05) is 12.1 Å². The summed E-state index contributed by atoms with van der Waals surface area (Å²) in [5, 5.41) is 11.4. The number of hydrogen-bond acceptors (Lipinski definition) is 3. The van der Waals surface area contributed by atoms with Gasteiger partial charge in [-0.2, -0.15) is 0 Å². The van der Waals surface area contributed by atoms with Crippen molar-refractivity contribution in [3.63, 3.8) is 0 Å². The summed E-state index contributed by atoms with van der Waals surface area (Å²) in [5.74, 6) is -1.12. The Kier molecular flexibility index (Phi) is 5.32. The normalized spacial score (nSPS) is 11.5. The summed E-state index contributed by atoms with van der Waals surface area (Å²) in [6.07, 6.45) is 3.51. The van der Waals surface area contributed by atoms with Crippen molar-refractivity contribution in [3.8, 4) is 0 Å². The lowest BCUT2D eigenvalue weighted by molar-refractivity contribution is -0.137. The fraction of sp³-hybridized carbons (Fsp3) is 0.333. The molecule has 0 fully saturated rings. The standard InChI is InChI=1S/C15H20N2O3/c1-15(2,10-9-14(19)20)17-13(18)8-5-11-3-6-12(16)7-4-11/h3-8H,9-10,16H2,1-2H3,(H,17,18)(H,19,20)/b8-5+. The molecular formula is C15H20N2O3. The van der Waals surface area contributed by atoms with E-state index >= 15 is 0 Å². The van der Waals surface area contributed by atoms with Gasteiger partial charge in [0.05, 0.1) is 0 Å². The van der Waals surface area contributed by atoms with Gasteiger partial charge >= 0.3 is 5.97 Å². The molecule has 1 amide bonds. The van der Waals surface area contributed by atoms with Crippen molar-refractivity contribution in [1.29, 1.82) is 0 Å². The van der Waals surface area contributed by atoms with E-state index in [1.165, 1.54) is 6.08 Å². The summed E-state index contributed by atoms with van der Waals surface area (Å²) in [4.78, 5) is 22.3. The first-order valence-electron chi connectivity index (χ1n) is 6.36. The van der Waals surface area contributed by atoms with Crippen LogP contribution in [0.5, 0.6) is 0 Å². The number of hydrogen-bond donors (Lipinski definition) is 3. The van der Waals surface area contributed by atoms with Crippen LogP contribution in [0.1, 0.15) is 32.3 Å². The Labute approximate surface area is 118 Å². The Bertz CT molecular complexity index is 504. The smallest absolute Gasteiger partial charge is 0.303 e. The highest BCUT2D eigenvalue weighted by molar-refractivity contribution is 5.92. The SMILES string of the molecule is CC(C)(CCC(=O)O)NC(=O)/C=C/c1ccc(N)cc1. The molecule has 1 aromatic rings. The van der Waals surface area contributed by atoms with Gasteiger partial charge in [0, 0.05) is 23.7 Å². The molecule has 0 bridgehead atoms. The third-order valence-corrected chi connectivity index (χ3v) is 2.79. The van der Waals surface area contributed by atoms with Gasteiger partial charge in [0.25, 0.3) is 0 Å². The molecule has 4 N–H and O–H groups in total. The number of carbonyl (C=O) groups is 2. The van der Waals surface area contributed by atoms with Crippen molar-refractivity contribution in [1.82, 2.24) is 5.32 Å². The van der Waals surface area contributed by atoms with Gasteiger partial charge < -0.3 is 16.2 Å². The molecule has 0 saturated carbocycles. The third-order valence-electron chi connectivity index (χ3n) is 2.79. The van der Waals surface area contributed by atoms with Crippen molar-refractivity contribution >= 4 is 23.6 Å². The molecule has 0 unspecified atom stereocenters. The Hall–Kier alpha value is -2.30. The van der Waals surface area contributed by atoms with Gasteiger partial charge in [-0.15, -0.1) is 0 Å². The summed E-state index contributed by atoms with van der Waals surface area (Å²) >= 11 is 0. The van der Waals surface area contributed by atoms with Crippen LogP contribution in [-0.4, -0.2) is 22.5 Å². The number of nitrogens with one attached hydrogen (secondary N) is 1. The molecule has 0 heterocycles. The number of anilines is 1. The second-order valence-corrected chi connectivity index (χ2v) is 5.27. The molecule has 0 aliphatic heterocycles. The van der Waals surface area contributed by atoms with Crippen LogP contribution in [0.3, 0.4) is 0 Å². The summed E-state index contributed by atoms with van der Waals surface area (Å²) in [7, 11) is 0. The quantitative estimate of drug-likeness (QED) is 0.547. The van der Waals surface area contributed by atoms with Crippen LogP contribution in [0, 0.1) is 0 Å². The first-order chi connectivity index (χ1) is 9.28. The van der Waals surface area contributed by atoms with Crippen LogP contribution in [0.15, 0.2) is 30.3 Å². The van der Waals surface area contributed by atoms with Gasteiger partial charge in [0.2, 0.25) is 5.91 Å². The van der Waals surface area contributed by atoms with Crippen molar-refractivity contribution in [3.05, 3.63) is 35.9 Å². The number of rotatable bonds is 6. The van der Waals surface area contributed by atoms with Crippen LogP contribution < -0.4 is 11.1 Å². The lowest BCUT2D eigenvalue weighted by atomic mass is 9.98. The minimum Gasteiger partial charge on any atom is -0.481 e. The first-order valence-corrected chi connectivity index (χ1v) is 6.36. The molecule has 0 radical (unpaired) electrons. The number of aliphatic carboxylic acids is 1. The van der Waals surface area contributed by atoms with Crippen LogP contribution in [0.25, 0.3) is 6.08 Å². The summed E-state index contributed by atoms with van der Waals surface area (Å²) in [6, 6.07) is 7.14. The number of carbonyl (C=O) groups excluding carboxylic acids is 1. The lowest BCUT2D eigenvalue weighted by Crippen LogP contribution is -2.42. The Morgan fingerprint density at radius 1 is 1.30 bits per heavy atom. The van der Waals surface area contributed by atoms with Crippen molar-refractivity contribution in [2.24, 2.45) is 0 Å². The summed E-state index contributed by atoms with van der Waals surface area (Å²) in [6.45, 7) is 3.59. The number of carboxylic acid groups (broad SMARTS) is 1. The topological polar surface area (TPSA) is 92.4 Å². The van der Waals surface area contributed by atoms with Gasteiger partial charge in [-0.3, -0.25) is 9.59 Å². The molecule has 0 aromatic heterocycles. The highest BCUT2D eigenvalue weighted by Crippen LogP contribution is 2.12. The second kappa shape index (κ2) is 6.75. The van der Waals surface area contributed by atoms with E-state index in [0.29, 0.717) is 12.1 Å². The molecular weight excluding hydrogens is 256 g/mol. The summed E-state index contributed by atoms with van der Waals surface area (Å²) in [5.41, 5.74) is 6.56.